The van der Waals surface area contributed by atoms with Gasteiger partial charge in [0.1, 0.15) is 35.8 Å². The Morgan fingerprint density at radius 1 is 1.30 bits per heavy atom. The third-order valence-electron chi connectivity index (χ3n) is 5.15. The lowest BCUT2D eigenvalue weighted by Crippen LogP contribution is -2.45. The fraction of sp³-hybridized carbons (Fsp3) is 0.368. The average Bonchev–Trinajstić information content (AvgIpc) is 3.22. The highest BCUT2D eigenvalue weighted by Crippen LogP contribution is 2.46. The third kappa shape index (κ3) is 2.96. The molecule has 0 saturated carbocycles. The van der Waals surface area contributed by atoms with E-state index in [1.807, 2.05) is 30.3 Å². The van der Waals surface area contributed by atoms with E-state index in [9.17, 15) is 10.2 Å². The molecule has 27 heavy (non-hydrogen) atoms. The van der Waals surface area contributed by atoms with Crippen LogP contribution in [0.25, 0.3) is 11.0 Å². The van der Waals surface area contributed by atoms with Crippen molar-refractivity contribution in [2.75, 3.05) is 12.3 Å². The van der Waals surface area contributed by atoms with Crippen LogP contribution in [0, 0.1) is 0 Å². The van der Waals surface area contributed by atoms with Gasteiger partial charge in [-0.3, -0.25) is 0 Å². The summed E-state index contributed by atoms with van der Waals surface area (Å²) >= 11 is 0. The molecular formula is C19H22N4O4. The molecule has 0 spiro atoms. The van der Waals surface area contributed by atoms with Crippen molar-refractivity contribution in [1.82, 2.24) is 15.0 Å². The topological polar surface area (TPSA) is 127 Å². The van der Waals surface area contributed by atoms with Crippen molar-refractivity contribution in [3.8, 4) is 0 Å². The van der Waals surface area contributed by atoms with E-state index in [4.69, 9.17) is 15.2 Å². The Kier molecular flexibility index (Phi) is 4.56. The maximum atomic E-state index is 10.8. The van der Waals surface area contributed by atoms with Crippen LogP contribution >= 0.6 is 0 Å². The number of nitrogens with one attached hydrogen (secondary N) is 1. The van der Waals surface area contributed by atoms with Crippen LogP contribution in [0.3, 0.4) is 0 Å². The van der Waals surface area contributed by atoms with Crippen molar-refractivity contribution in [2.45, 2.75) is 37.4 Å². The van der Waals surface area contributed by atoms with Crippen molar-refractivity contribution < 1.29 is 19.7 Å². The number of aromatic amines is 1. The number of rotatable bonds is 5. The molecule has 1 aromatic carbocycles. The van der Waals surface area contributed by atoms with E-state index >= 15 is 0 Å². The molecule has 8 nitrogen and oxygen atoms in total. The summed E-state index contributed by atoms with van der Waals surface area (Å²) in [6.07, 6.45) is 0.694. The van der Waals surface area contributed by atoms with Gasteiger partial charge in [-0.25, -0.2) is 9.97 Å². The summed E-state index contributed by atoms with van der Waals surface area (Å²) in [5.74, 6) is 0.329. The number of H-pyrrole nitrogens is 1. The Bertz CT molecular complexity index is 932. The summed E-state index contributed by atoms with van der Waals surface area (Å²) in [5, 5.41) is 20.4. The first-order valence-corrected chi connectivity index (χ1v) is 8.74. The Labute approximate surface area is 156 Å². The molecule has 2 unspecified atom stereocenters. The average molecular weight is 370 g/mol. The Morgan fingerprint density at radius 3 is 2.81 bits per heavy atom. The maximum absolute atomic E-state index is 10.8. The van der Waals surface area contributed by atoms with Crippen LogP contribution in [0.2, 0.25) is 0 Å². The molecule has 0 amide bonds. The van der Waals surface area contributed by atoms with Crippen molar-refractivity contribution in [3.05, 3.63) is 54.0 Å². The number of benzene rings is 1. The Hall–Kier alpha value is -2.52. The van der Waals surface area contributed by atoms with E-state index in [2.05, 4.69) is 15.0 Å². The number of ether oxygens (including phenoxy) is 2. The van der Waals surface area contributed by atoms with Gasteiger partial charge >= 0.3 is 0 Å². The lowest BCUT2D eigenvalue weighted by Gasteiger charge is -2.32. The van der Waals surface area contributed by atoms with Crippen molar-refractivity contribution >= 4 is 16.9 Å². The molecule has 4 atom stereocenters. The van der Waals surface area contributed by atoms with Crippen LogP contribution in [0.1, 0.15) is 24.2 Å². The molecule has 2 aromatic heterocycles. The zero-order valence-corrected chi connectivity index (χ0v) is 14.9. The highest BCUT2D eigenvalue weighted by Gasteiger charge is 2.55. The van der Waals surface area contributed by atoms with E-state index in [1.165, 1.54) is 6.33 Å². The number of fused-ring (bicyclic) bond motifs is 1. The second kappa shape index (κ2) is 6.90. The highest BCUT2D eigenvalue weighted by atomic mass is 16.6. The van der Waals surface area contributed by atoms with Gasteiger partial charge in [-0.1, -0.05) is 30.3 Å². The number of hydrogen-bond donors (Lipinski definition) is 4. The fourth-order valence-corrected chi connectivity index (χ4v) is 3.59. The normalized spacial score (nSPS) is 28.0. The molecule has 1 saturated heterocycles. The second-order valence-corrected chi connectivity index (χ2v) is 6.87. The molecule has 0 aliphatic carbocycles. The number of nitrogens with zero attached hydrogens (tertiary/aromatic N) is 2. The molecule has 3 aromatic rings. The number of aliphatic hydroxyl groups is 2. The standard InChI is InChI=1S/C19H22N4O4/c1-19(26-9-11-5-3-2-4-6-11)16(25)13(8-24)27-17(19)12-7-21-15-14(12)22-10-23-18(15)20/h2-7,10,13,16-17,21,24-25H,8-9H2,1H3,(H2,20,22,23)/t13?,16-,17?,19-/m1/s1. The van der Waals surface area contributed by atoms with E-state index in [-0.39, 0.29) is 6.61 Å². The van der Waals surface area contributed by atoms with E-state index < -0.39 is 23.9 Å². The first-order valence-electron chi connectivity index (χ1n) is 8.74. The van der Waals surface area contributed by atoms with Crippen molar-refractivity contribution in [2.24, 2.45) is 0 Å². The molecule has 0 radical (unpaired) electrons. The van der Waals surface area contributed by atoms with Gasteiger partial charge in [0.25, 0.3) is 0 Å². The minimum atomic E-state index is -1.09. The Balaban J connectivity index is 1.71. The van der Waals surface area contributed by atoms with E-state index in [0.29, 0.717) is 29.0 Å². The minimum Gasteiger partial charge on any atom is -0.394 e. The number of hydrogen-bond acceptors (Lipinski definition) is 7. The number of nitrogen functional groups attached to an aromatic ring is 1. The van der Waals surface area contributed by atoms with E-state index in [0.717, 1.165) is 5.56 Å². The van der Waals surface area contributed by atoms with Crippen LogP contribution in [0.5, 0.6) is 0 Å². The van der Waals surface area contributed by atoms with Crippen LogP contribution in [-0.2, 0) is 16.1 Å². The van der Waals surface area contributed by atoms with Gasteiger partial charge in [-0.15, -0.1) is 0 Å². The molecule has 1 aliphatic heterocycles. The van der Waals surface area contributed by atoms with Gasteiger partial charge in [-0.05, 0) is 12.5 Å². The van der Waals surface area contributed by atoms with E-state index in [1.54, 1.807) is 13.1 Å². The van der Waals surface area contributed by atoms with Crippen LogP contribution < -0.4 is 5.73 Å². The van der Waals surface area contributed by atoms with Gasteiger partial charge in [-0.2, -0.15) is 0 Å². The molecule has 1 aliphatic rings. The third-order valence-corrected chi connectivity index (χ3v) is 5.15. The smallest absolute Gasteiger partial charge is 0.151 e. The molecule has 5 N–H and O–H groups in total. The molecule has 3 heterocycles. The van der Waals surface area contributed by atoms with Crippen LogP contribution in [-0.4, -0.2) is 49.6 Å². The zero-order chi connectivity index (χ0) is 19.0. The van der Waals surface area contributed by atoms with Gasteiger partial charge < -0.3 is 30.4 Å². The Morgan fingerprint density at radius 2 is 2.07 bits per heavy atom. The quantitative estimate of drug-likeness (QED) is 0.533. The number of aliphatic hydroxyl groups excluding tert-OH is 2. The molecular weight excluding hydrogens is 348 g/mol. The molecule has 0 bridgehead atoms. The fourth-order valence-electron chi connectivity index (χ4n) is 3.59. The van der Waals surface area contributed by atoms with Gasteiger partial charge in [0.15, 0.2) is 5.82 Å². The lowest BCUT2D eigenvalue weighted by molar-refractivity contribution is -0.125. The molecule has 4 rings (SSSR count). The summed E-state index contributed by atoms with van der Waals surface area (Å²) in [5.41, 5.74) is 7.70. The first-order chi connectivity index (χ1) is 13.0. The lowest BCUT2D eigenvalue weighted by atomic mass is 9.89. The zero-order valence-electron chi connectivity index (χ0n) is 14.9. The predicted molar refractivity (Wildman–Crippen MR) is 98.6 cm³/mol. The van der Waals surface area contributed by atoms with Gasteiger partial charge in [0.2, 0.25) is 0 Å². The summed E-state index contributed by atoms with van der Waals surface area (Å²) < 4.78 is 12.1. The van der Waals surface area contributed by atoms with Crippen LogP contribution in [0.4, 0.5) is 5.82 Å². The summed E-state index contributed by atoms with van der Waals surface area (Å²) in [7, 11) is 0. The monoisotopic (exact) mass is 370 g/mol. The predicted octanol–water partition coefficient (Wildman–Crippen LogP) is 1.31. The van der Waals surface area contributed by atoms with Crippen LogP contribution in [0.15, 0.2) is 42.9 Å². The van der Waals surface area contributed by atoms with Gasteiger partial charge in [0.05, 0.1) is 18.7 Å². The number of aromatic nitrogens is 3. The SMILES string of the molecule is C[C@]1(OCc2ccccc2)C(c2c[nH]c3c(N)ncnc23)OC(CO)[C@H]1O. The van der Waals surface area contributed by atoms with Gasteiger partial charge in [0, 0.05) is 11.8 Å². The summed E-state index contributed by atoms with van der Waals surface area (Å²) in [4.78, 5) is 11.3. The highest BCUT2D eigenvalue weighted by molar-refractivity contribution is 5.87. The first kappa shape index (κ1) is 17.9. The number of nitrogens with two attached hydrogens (primary N) is 1. The van der Waals surface area contributed by atoms with Crippen molar-refractivity contribution in [3.63, 3.8) is 0 Å². The summed E-state index contributed by atoms with van der Waals surface area (Å²) in [6.45, 7) is 1.76. The molecule has 142 valence electrons. The largest absolute Gasteiger partial charge is 0.394 e. The molecule has 1 fully saturated rings. The maximum Gasteiger partial charge on any atom is 0.151 e. The summed E-state index contributed by atoms with van der Waals surface area (Å²) in [6, 6.07) is 9.68. The van der Waals surface area contributed by atoms with Crippen molar-refractivity contribution in [1.29, 1.82) is 0 Å². The second-order valence-electron chi connectivity index (χ2n) is 6.87. The molecule has 8 heteroatoms. The minimum absolute atomic E-state index is 0.298. The number of anilines is 1.